The Balaban J connectivity index is 1.81. The molecule has 0 saturated carbocycles. The van der Waals surface area contributed by atoms with E-state index in [4.69, 9.17) is 4.98 Å². The molecule has 0 N–H and O–H groups in total. The molecule has 0 radical (unpaired) electrons. The Bertz CT molecular complexity index is 1230. The van der Waals surface area contributed by atoms with Crippen LogP contribution in [0.15, 0.2) is 77.2 Å². The van der Waals surface area contributed by atoms with Gasteiger partial charge in [0.2, 0.25) is 0 Å². The molecule has 0 atom stereocenters. The van der Waals surface area contributed by atoms with Crippen molar-refractivity contribution in [2.24, 2.45) is 0 Å². The maximum absolute atomic E-state index is 13.4. The van der Waals surface area contributed by atoms with E-state index < -0.39 is 0 Å². The zero-order chi connectivity index (χ0) is 20.4. The van der Waals surface area contributed by atoms with Crippen molar-refractivity contribution in [3.63, 3.8) is 0 Å². The minimum atomic E-state index is -0.260. The predicted molar refractivity (Wildman–Crippen MR) is 120 cm³/mol. The number of hydrogen-bond acceptors (Lipinski definition) is 4. The van der Waals surface area contributed by atoms with Gasteiger partial charge in [-0.1, -0.05) is 60.3 Å². The maximum atomic E-state index is 13.4. The summed E-state index contributed by atoms with van der Waals surface area (Å²) in [4.78, 5) is 20.1. The molecule has 0 spiro atoms. The van der Waals surface area contributed by atoms with Crippen LogP contribution >= 0.6 is 23.1 Å². The van der Waals surface area contributed by atoms with Crippen molar-refractivity contribution in [2.45, 2.75) is 24.4 Å². The molecule has 0 fully saturated rings. The number of thioether (sulfide) groups is 1. The molecule has 3 nitrogen and oxygen atoms in total. The molecule has 4 aromatic rings. The van der Waals surface area contributed by atoms with Gasteiger partial charge in [-0.2, -0.15) is 0 Å². The van der Waals surface area contributed by atoms with E-state index in [-0.39, 0.29) is 11.4 Å². The Morgan fingerprint density at radius 3 is 2.59 bits per heavy atom. The highest BCUT2D eigenvalue weighted by molar-refractivity contribution is 7.98. The Morgan fingerprint density at radius 1 is 1.17 bits per heavy atom. The molecule has 0 aliphatic carbocycles. The number of nitrogens with zero attached hydrogens (tertiary/aromatic N) is 2. The molecule has 2 heterocycles. The summed E-state index contributed by atoms with van der Waals surface area (Å²) in [7, 11) is 0. The first-order valence-corrected chi connectivity index (χ1v) is 11.0. The molecule has 6 heteroatoms. The van der Waals surface area contributed by atoms with Crippen LogP contribution in [0.25, 0.3) is 21.3 Å². The van der Waals surface area contributed by atoms with Crippen molar-refractivity contribution in [1.29, 1.82) is 0 Å². The van der Waals surface area contributed by atoms with Crippen LogP contribution in [-0.2, 0) is 12.3 Å². The summed E-state index contributed by atoms with van der Waals surface area (Å²) in [5.74, 6) is 0.343. The minimum Gasteiger partial charge on any atom is -0.283 e. The van der Waals surface area contributed by atoms with Crippen LogP contribution in [0.5, 0.6) is 0 Å². The number of aromatic nitrogens is 2. The lowest BCUT2D eigenvalue weighted by Gasteiger charge is -2.11. The van der Waals surface area contributed by atoms with Crippen LogP contribution in [-0.4, -0.2) is 9.55 Å². The smallest absolute Gasteiger partial charge is 0.263 e. The van der Waals surface area contributed by atoms with Gasteiger partial charge >= 0.3 is 0 Å². The lowest BCUT2D eigenvalue weighted by molar-refractivity contribution is 0.627. The minimum absolute atomic E-state index is 0.0558. The molecule has 29 heavy (non-hydrogen) atoms. The zero-order valence-corrected chi connectivity index (χ0v) is 17.5. The van der Waals surface area contributed by atoms with Gasteiger partial charge in [0.1, 0.15) is 10.6 Å². The molecule has 0 aliphatic rings. The second-order valence-electron chi connectivity index (χ2n) is 6.59. The highest BCUT2D eigenvalue weighted by atomic mass is 32.2. The Morgan fingerprint density at radius 2 is 1.90 bits per heavy atom. The van der Waals surface area contributed by atoms with Crippen molar-refractivity contribution in [2.75, 3.05) is 0 Å². The van der Waals surface area contributed by atoms with Gasteiger partial charge < -0.3 is 0 Å². The third kappa shape index (κ3) is 3.91. The Labute approximate surface area is 176 Å². The number of thiophene rings is 1. The van der Waals surface area contributed by atoms with Gasteiger partial charge in [-0.05, 0) is 30.2 Å². The average molecular weight is 423 g/mol. The fourth-order valence-electron chi connectivity index (χ4n) is 3.26. The van der Waals surface area contributed by atoms with Gasteiger partial charge in [-0.3, -0.25) is 9.36 Å². The van der Waals surface area contributed by atoms with Gasteiger partial charge in [0.05, 0.1) is 5.39 Å². The summed E-state index contributed by atoms with van der Waals surface area (Å²) in [5.41, 5.74) is 2.89. The molecule has 0 amide bonds. The van der Waals surface area contributed by atoms with Crippen molar-refractivity contribution in [3.8, 4) is 11.1 Å². The Hall–Kier alpha value is -2.70. The van der Waals surface area contributed by atoms with E-state index in [9.17, 15) is 9.18 Å². The van der Waals surface area contributed by atoms with E-state index in [0.29, 0.717) is 22.8 Å². The molecular weight excluding hydrogens is 403 g/mol. The lowest BCUT2D eigenvalue weighted by atomic mass is 10.0. The van der Waals surface area contributed by atoms with Crippen LogP contribution in [0.1, 0.15) is 10.4 Å². The van der Waals surface area contributed by atoms with E-state index in [1.54, 1.807) is 22.8 Å². The third-order valence-corrected chi connectivity index (χ3v) is 6.65. The van der Waals surface area contributed by atoms with Crippen LogP contribution in [0, 0.1) is 12.7 Å². The first-order chi connectivity index (χ1) is 14.1. The standard InChI is InChI=1S/C23H19FN2OS2/c1-3-13-26-22(27)20-19(17-7-5-4-6-8-17)15(2)29-21(20)25-23(26)28-14-16-9-11-18(24)12-10-16/h3-12H,1,13-14H2,2H3. The van der Waals surface area contributed by atoms with Crippen molar-refractivity contribution < 1.29 is 4.39 Å². The van der Waals surface area contributed by atoms with E-state index in [2.05, 4.69) is 6.58 Å². The summed E-state index contributed by atoms with van der Waals surface area (Å²) < 4.78 is 14.8. The third-order valence-electron chi connectivity index (χ3n) is 4.61. The predicted octanol–water partition coefficient (Wildman–Crippen LogP) is 6.05. The lowest BCUT2D eigenvalue weighted by Crippen LogP contribution is -2.22. The van der Waals surface area contributed by atoms with Gasteiger partial charge in [0, 0.05) is 22.7 Å². The highest BCUT2D eigenvalue weighted by Crippen LogP contribution is 2.36. The number of benzene rings is 2. The normalized spacial score (nSPS) is 11.1. The summed E-state index contributed by atoms with van der Waals surface area (Å²) in [6, 6.07) is 16.3. The second-order valence-corrected chi connectivity index (χ2v) is 8.74. The Kier molecular flexibility index (Phi) is 5.65. The van der Waals surface area contributed by atoms with Crippen LogP contribution in [0.3, 0.4) is 0 Å². The van der Waals surface area contributed by atoms with E-state index >= 15 is 0 Å². The maximum Gasteiger partial charge on any atom is 0.263 e. The topological polar surface area (TPSA) is 34.9 Å². The number of fused-ring (bicyclic) bond motifs is 1. The second kappa shape index (κ2) is 8.35. The fourth-order valence-corrected chi connectivity index (χ4v) is 5.31. The van der Waals surface area contributed by atoms with Gasteiger partial charge in [-0.15, -0.1) is 17.9 Å². The van der Waals surface area contributed by atoms with Crippen LogP contribution in [0.4, 0.5) is 4.39 Å². The average Bonchev–Trinajstić information content (AvgIpc) is 3.06. The first-order valence-electron chi connectivity index (χ1n) is 9.16. The summed E-state index contributed by atoms with van der Waals surface area (Å²) in [6.45, 7) is 6.21. The largest absolute Gasteiger partial charge is 0.283 e. The molecule has 0 aliphatic heterocycles. The van der Waals surface area contributed by atoms with Gasteiger partial charge in [0.25, 0.3) is 5.56 Å². The number of allylic oxidation sites excluding steroid dienone is 1. The molecule has 0 bridgehead atoms. The summed E-state index contributed by atoms with van der Waals surface area (Å²) in [6.07, 6.45) is 1.71. The fraction of sp³-hybridized carbons (Fsp3) is 0.130. The van der Waals surface area contributed by atoms with E-state index in [1.807, 2.05) is 37.3 Å². The number of aryl methyl sites for hydroxylation is 1. The van der Waals surface area contributed by atoms with E-state index in [1.165, 1.54) is 35.2 Å². The van der Waals surface area contributed by atoms with Gasteiger partial charge in [0.15, 0.2) is 5.16 Å². The number of halogens is 1. The van der Waals surface area contributed by atoms with Gasteiger partial charge in [-0.25, -0.2) is 9.37 Å². The number of hydrogen-bond donors (Lipinski definition) is 0. The molecule has 2 aromatic carbocycles. The molecule has 146 valence electrons. The number of rotatable bonds is 6. The SMILES string of the molecule is C=CCn1c(SCc2ccc(F)cc2)nc2sc(C)c(-c3ccccc3)c2c1=O. The van der Waals surface area contributed by atoms with Crippen molar-refractivity contribution in [3.05, 3.63) is 93.9 Å². The summed E-state index contributed by atoms with van der Waals surface area (Å²) >= 11 is 3.01. The van der Waals surface area contributed by atoms with Crippen LogP contribution in [0.2, 0.25) is 0 Å². The first kappa shape index (κ1) is 19.6. The molecule has 0 saturated heterocycles. The quantitative estimate of drug-likeness (QED) is 0.215. The van der Waals surface area contributed by atoms with E-state index in [0.717, 1.165) is 26.4 Å². The van der Waals surface area contributed by atoms with Crippen molar-refractivity contribution in [1.82, 2.24) is 9.55 Å². The highest BCUT2D eigenvalue weighted by Gasteiger charge is 2.19. The molecule has 0 unspecified atom stereocenters. The zero-order valence-electron chi connectivity index (χ0n) is 15.9. The molecular formula is C23H19FN2OS2. The molecule has 4 rings (SSSR count). The molecule has 2 aromatic heterocycles. The monoisotopic (exact) mass is 422 g/mol. The van der Waals surface area contributed by atoms with Crippen LogP contribution < -0.4 is 5.56 Å². The summed E-state index contributed by atoms with van der Waals surface area (Å²) in [5, 5.41) is 1.30. The van der Waals surface area contributed by atoms with Crippen molar-refractivity contribution >= 4 is 33.3 Å².